The summed E-state index contributed by atoms with van der Waals surface area (Å²) in [5.41, 5.74) is 22.2. The number of imidazole rings is 4. The lowest BCUT2D eigenvalue weighted by Crippen LogP contribution is -1.95. The van der Waals surface area contributed by atoms with Gasteiger partial charge in [-0.2, -0.15) is 0 Å². The van der Waals surface area contributed by atoms with Crippen LogP contribution in [0.15, 0.2) is 329 Å². The first-order valence-electron chi connectivity index (χ1n) is 35.8. The van der Waals surface area contributed by atoms with Gasteiger partial charge in [-0.25, -0.2) is 24.7 Å². The second-order valence-corrected chi connectivity index (χ2v) is 29.7. The number of phenolic OH excluding ortho intramolecular Hbond substituents is 3. The Kier molecular flexibility index (Phi) is 24.4. The molecule has 17 rings (SSSR count). The van der Waals surface area contributed by atoms with Crippen LogP contribution in [-0.4, -0.2) is 80.5 Å². The van der Waals surface area contributed by atoms with Crippen molar-refractivity contribution < 1.29 is 34.7 Å². The zero-order valence-corrected chi connectivity index (χ0v) is 67.5. The van der Waals surface area contributed by atoms with Crippen LogP contribution < -0.4 is 9.47 Å². The molecule has 0 unspecified atom stereocenters. The van der Waals surface area contributed by atoms with E-state index in [4.69, 9.17) is 57.7 Å². The molecule has 0 bridgehead atoms. The smallest absolute Gasteiger partial charge is 0.335 e. The molecule has 0 saturated carbocycles. The van der Waals surface area contributed by atoms with E-state index in [2.05, 4.69) is 166 Å². The summed E-state index contributed by atoms with van der Waals surface area (Å²) in [6.45, 7) is 2.07. The number of aromatic nitrogens is 8. The van der Waals surface area contributed by atoms with Gasteiger partial charge in [-0.15, -0.1) is 0 Å². The van der Waals surface area contributed by atoms with E-state index in [-0.39, 0.29) is 22.8 Å². The number of benzene rings is 13. The number of carbonyl (C=O) groups is 1. The van der Waals surface area contributed by atoms with Crippen molar-refractivity contribution in [3.05, 3.63) is 350 Å². The number of ether oxygens (including phenoxy) is 2. The summed E-state index contributed by atoms with van der Waals surface area (Å²) in [5, 5.41) is 40.0. The monoisotopic (exact) mass is 1730 g/mol. The normalized spacial score (nSPS) is 10.8. The van der Waals surface area contributed by atoms with Gasteiger partial charge in [-0.05, 0) is 133 Å². The first kappa shape index (κ1) is 77.9. The maximum atomic E-state index is 11.1. The van der Waals surface area contributed by atoms with Crippen LogP contribution in [0.4, 0.5) is 0 Å². The number of aromatic carboxylic acids is 1. The quantitative estimate of drug-likeness (QED) is 0.0453. The summed E-state index contributed by atoms with van der Waals surface area (Å²) >= 11 is 22.7. The molecule has 562 valence electrons. The predicted molar refractivity (Wildman–Crippen MR) is 468 cm³/mol. The molecule has 15 nitrogen and oxygen atoms in total. The lowest BCUT2D eigenvalue weighted by Gasteiger charge is -2.10. The van der Waals surface area contributed by atoms with Gasteiger partial charge in [0.1, 0.15) is 34.8 Å². The third-order valence-electron chi connectivity index (χ3n) is 18.5. The highest BCUT2D eigenvalue weighted by molar-refractivity contribution is 9.11. The topological polar surface area (TPSA) is 231 Å². The fourth-order valence-electron chi connectivity index (χ4n) is 12.7. The van der Waals surface area contributed by atoms with Crippen molar-refractivity contribution in [2.75, 3.05) is 14.2 Å². The number of rotatable bonds is 16. The standard InChI is InChI=1S/C27H20N2O.C23H18Cl2N2O3.C22H14Br2N2O2.C22H17BrN2O/c30-24-17-15-23(16-18-24)27-28-25(21-9-5-2-6-10-21)26(29-27)22-13-11-20(12-14-22)19-7-3-1-4-8-19;1-29-18-11-15(12-19(30-2)22(18)28)23-26-20(13-3-7-16(24)8-4-13)21(27-23)14-5-9-17(25)10-6-14;23-17-9-5-13(6-10-17)19-20(14-7-11-18(24)12-8-14)26-21(25-19)15-1-3-16(4-2-15)22(27)28;1-14-9-11-15(12-10-14)20-21(18-7-2-3-8-19(18)23)25-22(24-20)16-5-4-6-17(26)13-16/h1-18,30H,(H,28,29);3-12,28H,1-2H3,(H,26,27);1-12H,(H,25,26)(H,27,28);2-13,26H,1H3,(H,24,25). The zero-order chi connectivity index (χ0) is 79.4. The van der Waals surface area contributed by atoms with Gasteiger partial charge < -0.3 is 49.8 Å². The average molecular weight is 1730 g/mol. The van der Waals surface area contributed by atoms with Crippen LogP contribution in [0.3, 0.4) is 0 Å². The molecule has 4 heterocycles. The maximum Gasteiger partial charge on any atom is 0.335 e. The summed E-state index contributed by atoms with van der Waals surface area (Å²) in [4.78, 5) is 44.3. The van der Waals surface area contributed by atoms with Crippen molar-refractivity contribution in [2.45, 2.75) is 6.92 Å². The fourth-order valence-corrected chi connectivity index (χ4v) is 13.9. The van der Waals surface area contributed by atoms with Crippen LogP contribution in [0.2, 0.25) is 10.0 Å². The summed E-state index contributed by atoms with van der Waals surface area (Å²) in [7, 11) is 2.97. The third kappa shape index (κ3) is 18.4. The molecule has 0 saturated heterocycles. The Hall–Kier alpha value is -12.8. The molecule has 0 aliphatic carbocycles. The Bertz CT molecular complexity index is 6020. The minimum absolute atomic E-state index is 0.0637. The molecule has 0 fully saturated rings. The molecular weight excluding hydrogens is 1660 g/mol. The Balaban J connectivity index is 0.000000126. The molecule has 0 spiro atoms. The Morgan fingerprint density at radius 1 is 0.333 bits per heavy atom. The van der Waals surface area contributed by atoms with Crippen LogP contribution in [0.5, 0.6) is 28.7 Å². The van der Waals surface area contributed by atoms with Gasteiger partial charge in [0.2, 0.25) is 5.75 Å². The molecule has 13 aromatic carbocycles. The van der Waals surface area contributed by atoms with Crippen LogP contribution in [-0.2, 0) is 0 Å². The van der Waals surface area contributed by atoms with Crippen LogP contribution in [0.25, 0.3) is 147 Å². The van der Waals surface area contributed by atoms with Crippen molar-refractivity contribution in [3.8, 4) is 175 Å². The Labute approximate surface area is 692 Å². The minimum atomic E-state index is -0.947. The van der Waals surface area contributed by atoms with E-state index < -0.39 is 5.97 Å². The largest absolute Gasteiger partial charge is 0.508 e. The lowest BCUT2D eigenvalue weighted by molar-refractivity contribution is 0.0696. The first-order chi connectivity index (χ1) is 55.4. The van der Waals surface area contributed by atoms with Gasteiger partial charge >= 0.3 is 5.97 Å². The predicted octanol–water partition coefficient (Wildman–Crippen LogP) is 26.0. The molecule has 0 atom stereocenters. The molecule has 0 amide bonds. The Morgan fingerprint density at radius 3 is 1.14 bits per heavy atom. The molecule has 4 aromatic heterocycles. The molecule has 8 N–H and O–H groups in total. The van der Waals surface area contributed by atoms with Crippen LogP contribution in [0.1, 0.15) is 15.9 Å². The SMILES string of the molecule is COc1cc(-c2nc(-c3ccc(Cl)cc3)c(-c3ccc(Cl)cc3)[nH]2)cc(OC)c1O.Cc1ccc(-c2nc(-c3cccc(O)c3)[nH]c2-c2ccccc2Br)cc1.O=C(O)c1ccc(-c2nc(-c3ccc(Br)cc3)c(-c3ccc(Br)cc3)[nH]2)cc1.Oc1ccc(-c2nc(-c3ccccc3)c(-c3ccc(-c4ccccc4)cc3)[nH]2)cc1. The highest BCUT2D eigenvalue weighted by Crippen LogP contribution is 2.44. The van der Waals surface area contributed by atoms with Crippen LogP contribution in [0, 0.1) is 6.92 Å². The van der Waals surface area contributed by atoms with Crippen molar-refractivity contribution in [2.24, 2.45) is 0 Å². The molecule has 114 heavy (non-hydrogen) atoms. The summed E-state index contributed by atoms with van der Waals surface area (Å²) in [5.74, 6) is 2.82. The van der Waals surface area contributed by atoms with Gasteiger partial charge in [0.05, 0.1) is 65.3 Å². The Morgan fingerprint density at radius 2 is 0.675 bits per heavy atom. The van der Waals surface area contributed by atoms with Gasteiger partial charge in [-0.3, -0.25) is 0 Å². The number of hydrogen-bond donors (Lipinski definition) is 8. The maximum absolute atomic E-state index is 11.1. The van der Waals surface area contributed by atoms with E-state index in [0.717, 1.165) is 132 Å². The molecule has 17 aromatic rings. The van der Waals surface area contributed by atoms with Crippen molar-refractivity contribution in [1.29, 1.82) is 0 Å². The fraction of sp³-hybridized carbons (Fsp3) is 0.0319. The van der Waals surface area contributed by atoms with Gasteiger partial charge in [0.25, 0.3) is 0 Å². The third-order valence-corrected chi connectivity index (χ3v) is 20.8. The van der Waals surface area contributed by atoms with Gasteiger partial charge in [-0.1, -0.05) is 277 Å². The summed E-state index contributed by atoms with van der Waals surface area (Å²) in [6, 6.07) is 101. The van der Waals surface area contributed by atoms with E-state index in [1.165, 1.54) is 30.9 Å². The van der Waals surface area contributed by atoms with E-state index >= 15 is 0 Å². The number of methoxy groups -OCH3 is 2. The number of aromatic amines is 4. The van der Waals surface area contributed by atoms with Crippen molar-refractivity contribution in [1.82, 2.24) is 39.9 Å². The summed E-state index contributed by atoms with van der Waals surface area (Å²) in [6.07, 6.45) is 0. The van der Waals surface area contributed by atoms with Gasteiger partial charge in [0.15, 0.2) is 11.5 Å². The zero-order valence-electron chi connectivity index (χ0n) is 61.2. The lowest BCUT2D eigenvalue weighted by atomic mass is 10.0. The van der Waals surface area contributed by atoms with Gasteiger partial charge in [0, 0.05) is 90.2 Å². The number of carboxylic acids is 1. The number of H-pyrrole nitrogens is 4. The van der Waals surface area contributed by atoms with E-state index in [9.17, 15) is 20.1 Å². The van der Waals surface area contributed by atoms with E-state index in [1.807, 2.05) is 164 Å². The number of aryl methyl sites for hydroxylation is 1. The number of aromatic hydroxyl groups is 3. The molecule has 0 aliphatic heterocycles. The van der Waals surface area contributed by atoms with Crippen molar-refractivity contribution >= 4 is 77.0 Å². The minimum Gasteiger partial charge on any atom is -0.508 e. The second kappa shape index (κ2) is 35.7. The number of nitrogens with zero attached hydrogens (tertiary/aromatic N) is 4. The van der Waals surface area contributed by atoms with Crippen LogP contribution >= 0.6 is 71.0 Å². The van der Waals surface area contributed by atoms with E-state index in [0.29, 0.717) is 38.8 Å². The van der Waals surface area contributed by atoms with E-state index in [1.54, 1.807) is 60.7 Å². The number of halogens is 5. The first-order valence-corrected chi connectivity index (χ1v) is 38.9. The molecule has 0 aliphatic rings. The number of hydrogen-bond acceptors (Lipinski definition) is 10. The summed E-state index contributed by atoms with van der Waals surface area (Å²) < 4.78 is 13.6. The number of nitrogens with one attached hydrogen (secondary N) is 4. The number of phenols is 3. The molecular formula is C94H69Br3Cl2N8O7. The highest BCUT2D eigenvalue weighted by Gasteiger charge is 2.23. The van der Waals surface area contributed by atoms with Crippen molar-refractivity contribution in [3.63, 3.8) is 0 Å². The number of carboxylic acid groups (broad SMARTS) is 1. The highest BCUT2D eigenvalue weighted by atomic mass is 79.9. The second-order valence-electron chi connectivity index (χ2n) is 26.1. The molecule has 0 radical (unpaired) electrons. The average Bonchev–Trinajstić information content (AvgIpc) is 1.63. The molecule has 20 heteroatoms.